The number of aryl methyl sites for hydroxylation is 1. The molecule has 1 aliphatic rings. The van der Waals surface area contributed by atoms with E-state index in [-0.39, 0.29) is 10.5 Å². The molecule has 1 aromatic heterocycles. The van der Waals surface area contributed by atoms with E-state index in [1.807, 2.05) is 0 Å². The Labute approximate surface area is 152 Å². The lowest BCUT2D eigenvalue weighted by Crippen LogP contribution is -2.35. The Morgan fingerprint density at radius 3 is 2.65 bits per heavy atom. The topological polar surface area (TPSA) is 105 Å². The van der Waals surface area contributed by atoms with Crippen molar-refractivity contribution in [2.24, 2.45) is 0 Å². The second-order valence-electron chi connectivity index (χ2n) is 6.37. The number of sulfonamides is 1. The van der Waals surface area contributed by atoms with Gasteiger partial charge in [0.15, 0.2) is 5.82 Å². The average molecular weight is 378 g/mol. The van der Waals surface area contributed by atoms with Crippen LogP contribution in [0.25, 0.3) is 0 Å². The molecular formula is C17H22N4O4S. The number of hydrogen-bond donors (Lipinski definition) is 1. The Bertz CT molecular complexity index is 888. The number of hydrogen-bond acceptors (Lipinski definition) is 6. The second-order valence-corrected chi connectivity index (χ2v) is 8.31. The molecule has 0 spiro atoms. The predicted molar refractivity (Wildman–Crippen MR) is 94.0 cm³/mol. The molecule has 26 heavy (non-hydrogen) atoms. The molecule has 1 aromatic carbocycles. The number of amides is 1. The highest BCUT2D eigenvalue weighted by Gasteiger charge is 2.26. The number of nitrogens with zero attached hydrogens (tertiary/aromatic N) is 3. The van der Waals surface area contributed by atoms with Gasteiger partial charge in [0.1, 0.15) is 6.04 Å². The molecule has 1 atom stereocenters. The van der Waals surface area contributed by atoms with Crippen LogP contribution in [0.3, 0.4) is 0 Å². The zero-order valence-electron chi connectivity index (χ0n) is 14.8. The molecule has 1 saturated heterocycles. The minimum Gasteiger partial charge on any atom is -0.341 e. The molecule has 1 aliphatic heterocycles. The fourth-order valence-corrected chi connectivity index (χ4v) is 4.45. The molecular weight excluding hydrogens is 356 g/mol. The summed E-state index contributed by atoms with van der Waals surface area (Å²) in [5.74, 6) is 0.382. The summed E-state index contributed by atoms with van der Waals surface area (Å²) >= 11 is 0. The molecule has 2 aromatic rings. The van der Waals surface area contributed by atoms with Crippen molar-refractivity contribution in [3.05, 3.63) is 41.5 Å². The lowest BCUT2D eigenvalue weighted by atomic mass is 10.2. The van der Waals surface area contributed by atoms with E-state index in [4.69, 9.17) is 4.52 Å². The number of piperidine rings is 1. The third-order valence-corrected chi connectivity index (χ3v) is 6.20. The van der Waals surface area contributed by atoms with Crippen LogP contribution in [0, 0.1) is 6.92 Å². The molecule has 9 heteroatoms. The van der Waals surface area contributed by atoms with Gasteiger partial charge in [-0.05, 0) is 44.9 Å². The normalized spacial score (nSPS) is 17.0. The van der Waals surface area contributed by atoms with Crippen LogP contribution in [0.15, 0.2) is 33.7 Å². The zero-order valence-corrected chi connectivity index (χ0v) is 15.6. The monoisotopic (exact) mass is 378 g/mol. The SMILES string of the molecule is Cc1noc(C(C)NC(=O)c2cccc(S(=O)(=O)N3CCCCC3)c2)n1. The van der Waals surface area contributed by atoms with E-state index >= 15 is 0 Å². The Kier molecular flexibility index (Phi) is 5.38. The molecule has 0 saturated carbocycles. The predicted octanol–water partition coefficient (Wildman–Crippen LogP) is 2.04. The van der Waals surface area contributed by atoms with E-state index in [9.17, 15) is 13.2 Å². The van der Waals surface area contributed by atoms with E-state index in [1.54, 1.807) is 26.0 Å². The number of rotatable bonds is 5. The molecule has 2 heterocycles. The van der Waals surface area contributed by atoms with Crippen molar-refractivity contribution in [2.75, 3.05) is 13.1 Å². The Balaban J connectivity index is 1.77. The fraction of sp³-hybridized carbons (Fsp3) is 0.471. The molecule has 1 unspecified atom stereocenters. The van der Waals surface area contributed by atoms with Gasteiger partial charge in [-0.2, -0.15) is 9.29 Å². The van der Waals surface area contributed by atoms with Crippen LogP contribution in [0.1, 0.15) is 54.3 Å². The summed E-state index contributed by atoms with van der Waals surface area (Å²) in [6.45, 7) is 4.45. The van der Waals surface area contributed by atoms with Crippen molar-refractivity contribution in [3.63, 3.8) is 0 Å². The first-order valence-electron chi connectivity index (χ1n) is 8.59. The molecule has 8 nitrogen and oxygen atoms in total. The van der Waals surface area contributed by atoms with E-state index in [2.05, 4.69) is 15.5 Å². The van der Waals surface area contributed by atoms with Gasteiger partial charge in [0, 0.05) is 18.7 Å². The third-order valence-electron chi connectivity index (χ3n) is 4.31. The van der Waals surface area contributed by atoms with Crippen LogP contribution in [-0.4, -0.2) is 41.9 Å². The van der Waals surface area contributed by atoms with Gasteiger partial charge in [-0.1, -0.05) is 17.6 Å². The van der Waals surface area contributed by atoms with Crippen molar-refractivity contribution >= 4 is 15.9 Å². The number of carbonyl (C=O) groups excluding carboxylic acids is 1. The number of carbonyl (C=O) groups is 1. The molecule has 3 rings (SSSR count). The first-order chi connectivity index (χ1) is 12.4. The molecule has 0 bridgehead atoms. The van der Waals surface area contributed by atoms with Crippen molar-refractivity contribution in [2.45, 2.75) is 44.0 Å². The first-order valence-corrected chi connectivity index (χ1v) is 10.0. The Morgan fingerprint density at radius 2 is 2.00 bits per heavy atom. The highest BCUT2D eigenvalue weighted by atomic mass is 32.2. The van der Waals surface area contributed by atoms with Crippen molar-refractivity contribution in [1.82, 2.24) is 19.8 Å². The van der Waals surface area contributed by atoms with Crippen LogP contribution < -0.4 is 5.32 Å². The summed E-state index contributed by atoms with van der Waals surface area (Å²) in [6, 6.07) is 5.60. The van der Waals surface area contributed by atoms with Crippen LogP contribution in [0.2, 0.25) is 0 Å². The van der Waals surface area contributed by atoms with E-state index in [0.717, 1.165) is 19.3 Å². The standard InChI is InChI=1S/C17H22N4O4S/c1-12(17-19-13(2)20-25-17)18-16(22)14-7-6-8-15(11-14)26(23,24)21-9-4-3-5-10-21/h6-8,11-12H,3-5,9-10H2,1-2H3,(H,18,22). The van der Waals surface area contributed by atoms with Crippen molar-refractivity contribution in [3.8, 4) is 0 Å². The summed E-state index contributed by atoms with van der Waals surface area (Å²) in [5, 5.41) is 6.43. The summed E-state index contributed by atoms with van der Waals surface area (Å²) in [4.78, 5) is 16.7. The van der Waals surface area contributed by atoms with E-state index in [0.29, 0.717) is 24.8 Å². The maximum atomic E-state index is 12.8. The fourth-order valence-electron chi connectivity index (χ4n) is 2.88. The van der Waals surface area contributed by atoms with Crippen molar-refractivity contribution in [1.29, 1.82) is 0 Å². The Morgan fingerprint density at radius 1 is 1.27 bits per heavy atom. The quantitative estimate of drug-likeness (QED) is 0.853. The Hall–Kier alpha value is -2.26. The molecule has 1 fully saturated rings. The van der Waals surface area contributed by atoms with Crippen LogP contribution >= 0.6 is 0 Å². The summed E-state index contributed by atoms with van der Waals surface area (Å²) in [7, 11) is -3.58. The minimum atomic E-state index is -3.58. The van der Waals surface area contributed by atoms with Gasteiger partial charge in [-0.25, -0.2) is 8.42 Å². The smallest absolute Gasteiger partial charge is 0.251 e. The van der Waals surface area contributed by atoms with Gasteiger partial charge >= 0.3 is 0 Å². The van der Waals surface area contributed by atoms with Crippen LogP contribution in [0.4, 0.5) is 0 Å². The van der Waals surface area contributed by atoms with Gasteiger partial charge in [0.2, 0.25) is 15.9 Å². The number of aromatic nitrogens is 2. The first kappa shape index (κ1) is 18.5. The molecule has 0 radical (unpaired) electrons. The molecule has 1 N–H and O–H groups in total. The third kappa shape index (κ3) is 3.94. The van der Waals surface area contributed by atoms with Crippen molar-refractivity contribution < 1.29 is 17.7 Å². The number of nitrogens with one attached hydrogen (secondary N) is 1. The molecule has 0 aliphatic carbocycles. The lowest BCUT2D eigenvalue weighted by molar-refractivity contribution is 0.0932. The zero-order chi connectivity index (χ0) is 18.7. The molecule has 140 valence electrons. The summed E-state index contributed by atoms with van der Waals surface area (Å²) in [5.41, 5.74) is 0.270. The van der Waals surface area contributed by atoms with Crippen LogP contribution in [-0.2, 0) is 10.0 Å². The van der Waals surface area contributed by atoms with E-state index < -0.39 is 22.0 Å². The minimum absolute atomic E-state index is 0.133. The van der Waals surface area contributed by atoms with Gasteiger partial charge in [-0.15, -0.1) is 0 Å². The highest BCUT2D eigenvalue weighted by Crippen LogP contribution is 2.21. The van der Waals surface area contributed by atoms with Gasteiger partial charge in [-0.3, -0.25) is 4.79 Å². The summed E-state index contributed by atoms with van der Waals surface area (Å²) in [6.07, 6.45) is 2.77. The van der Waals surface area contributed by atoms with E-state index in [1.165, 1.54) is 16.4 Å². The molecule has 1 amide bonds. The van der Waals surface area contributed by atoms with Gasteiger partial charge in [0.25, 0.3) is 5.91 Å². The lowest BCUT2D eigenvalue weighted by Gasteiger charge is -2.26. The second kappa shape index (κ2) is 7.55. The maximum absolute atomic E-state index is 12.8. The average Bonchev–Trinajstić information content (AvgIpc) is 3.09. The van der Waals surface area contributed by atoms with Crippen LogP contribution in [0.5, 0.6) is 0 Å². The van der Waals surface area contributed by atoms with Gasteiger partial charge < -0.3 is 9.84 Å². The number of benzene rings is 1. The highest BCUT2D eigenvalue weighted by molar-refractivity contribution is 7.89. The largest absolute Gasteiger partial charge is 0.341 e. The maximum Gasteiger partial charge on any atom is 0.251 e. The van der Waals surface area contributed by atoms with Gasteiger partial charge in [0.05, 0.1) is 4.90 Å². The summed E-state index contributed by atoms with van der Waals surface area (Å²) < 4.78 is 32.1.